The van der Waals surface area contributed by atoms with Gasteiger partial charge in [-0.1, -0.05) is 45.2 Å². The summed E-state index contributed by atoms with van der Waals surface area (Å²) in [4.78, 5) is 23.4. The second-order valence-corrected chi connectivity index (χ2v) is 8.78. The second-order valence-electron chi connectivity index (χ2n) is 8.78. The van der Waals surface area contributed by atoms with E-state index in [1.807, 2.05) is 26.0 Å². The van der Waals surface area contributed by atoms with E-state index in [-0.39, 0.29) is 25.4 Å². The van der Waals surface area contributed by atoms with Gasteiger partial charge < -0.3 is 18.9 Å². The van der Waals surface area contributed by atoms with Crippen molar-refractivity contribution < 1.29 is 28.5 Å². The molecule has 0 saturated heterocycles. The average Bonchev–Trinajstić information content (AvgIpc) is 2.88. The van der Waals surface area contributed by atoms with E-state index in [1.54, 1.807) is 0 Å². The molecule has 0 aromatic heterocycles. The number of ether oxygens (including phenoxy) is 4. The molecule has 0 bridgehead atoms. The van der Waals surface area contributed by atoms with Crippen LogP contribution in [0.3, 0.4) is 0 Å². The van der Waals surface area contributed by atoms with Gasteiger partial charge in [-0.15, -0.1) is 0 Å². The van der Waals surface area contributed by atoms with Crippen molar-refractivity contribution in [3.63, 3.8) is 0 Å². The lowest BCUT2D eigenvalue weighted by atomic mass is 9.86. The Morgan fingerprint density at radius 1 is 0.886 bits per heavy atom. The Bertz CT molecular complexity index is 1090. The van der Waals surface area contributed by atoms with Crippen LogP contribution in [0.5, 0.6) is 11.5 Å². The Morgan fingerprint density at radius 2 is 1.40 bits per heavy atom. The quantitative estimate of drug-likeness (QED) is 0.282. The predicted molar refractivity (Wildman–Crippen MR) is 137 cm³/mol. The number of hydrogen-bond acceptors (Lipinski definition) is 6. The molecule has 0 saturated carbocycles. The molecule has 3 rings (SSSR count). The lowest BCUT2D eigenvalue weighted by molar-refractivity contribution is -0.145. The number of aryl methyl sites for hydroxylation is 1. The topological polar surface area (TPSA) is 71.1 Å². The van der Waals surface area contributed by atoms with Crippen LogP contribution < -0.4 is 9.47 Å². The number of esters is 2. The first-order chi connectivity index (χ1) is 16.9. The molecule has 6 heteroatoms. The standard InChI is InChI=1S/C29H36O6/c1-6-20(34-25(30)8-3)17-32-28-22-14-10-11-15-23(22)29(27-19(5)13-12-16-24(27)28)33-18-21(7-2)35-26(31)9-4/h8-9,12-13,16,20-21H,3-4,6-7,10-11,14-15,17-18H2,1-2,5H3. The van der Waals surface area contributed by atoms with Crippen molar-refractivity contribution in [1.29, 1.82) is 0 Å². The van der Waals surface area contributed by atoms with Crippen LogP contribution in [0.15, 0.2) is 43.5 Å². The van der Waals surface area contributed by atoms with E-state index in [4.69, 9.17) is 18.9 Å². The van der Waals surface area contributed by atoms with Crippen LogP contribution in [0.4, 0.5) is 0 Å². The van der Waals surface area contributed by atoms with Gasteiger partial charge >= 0.3 is 11.9 Å². The van der Waals surface area contributed by atoms with Crippen LogP contribution in [-0.4, -0.2) is 37.4 Å². The number of benzene rings is 2. The van der Waals surface area contributed by atoms with Crippen molar-refractivity contribution in [1.82, 2.24) is 0 Å². The van der Waals surface area contributed by atoms with E-state index >= 15 is 0 Å². The minimum absolute atomic E-state index is 0.265. The first kappa shape index (κ1) is 26.3. The molecule has 0 aliphatic heterocycles. The summed E-state index contributed by atoms with van der Waals surface area (Å²) in [5.41, 5.74) is 3.37. The van der Waals surface area contributed by atoms with Crippen LogP contribution >= 0.6 is 0 Å². The highest BCUT2D eigenvalue weighted by molar-refractivity contribution is 5.98. The summed E-state index contributed by atoms with van der Waals surface area (Å²) in [6, 6.07) is 6.12. The highest BCUT2D eigenvalue weighted by Gasteiger charge is 2.26. The molecular weight excluding hydrogens is 444 g/mol. The van der Waals surface area contributed by atoms with Gasteiger partial charge in [0, 0.05) is 34.1 Å². The summed E-state index contributed by atoms with van der Waals surface area (Å²) >= 11 is 0. The first-order valence-electron chi connectivity index (χ1n) is 12.4. The van der Waals surface area contributed by atoms with Crippen LogP contribution in [0.1, 0.15) is 56.2 Å². The van der Waals surface area contributed by atoms with E-state index in [1.165, 1.54) is 12.2 Å². The van der Waals surface area contributed by atoms with Gasteiger partial charge in [-0.2, -0.15) is 0 Å². The number of fused-ring (bicyclic) bond motifs is 2. The van der Waals surface area contributed by atoms with Crippen molar-refractivity contribution in [2.75, 3.05) is 13.2 Å². The van der Waals surface area contributed by atoms with Gasteiger partial charge in [-0.05, 0) is 51.0 Å². The lowest BCUT2D eigenvalue weighted by Crippen LogP contribution is -2.25. The molecular formula is C29H36O6. The fourth-order valence-electron chi connectivity index (χ4n) is 4.45. The minimum atomic E-state index is -0.449. The molecule has 0 fully saturated rings. The van der Waals surface area contributed by atoms with Crippen molar-refractivity contribution in [2.24, 2.45) is 0 Å². The third kappa shape index (κ3) is 6.24. The van der Waals surface area contributed by atoms with Gasteiger partial charge in [-0.3, -0.25) is 0 Å². The summed E-state index contributed by atoms with van der Waals surface area (Å²) in [5, 5.41) is 1.98. The Morgan fingerprint density at radius 3 is 1.91 bits per heavy atom. The molecule has 188 valence electrons. The summed E-state index contributed by atoms with van der Waals surface area (Å²) in [6.07, 6.45) is 6.81. The molecule has 2 aromatic carbocycles. The van der Waals surface area contributed by atoms with E-state index in [0.29, 0.717) is 12.8 Å². The average molecular weight is 481 g/mol. The third-order valence-electron chi connectivity index (χ3n) is 6.40. The number of rotatable bonds is 12. The number of carbonyl (C=O) groups is 2. The largest absolute Gasteiger partial charge is 0.489 e. The molecule has 0 N–H and O–H groups in total. The number of hydrogen-bond donors (Lipinski definition) is 0. The SMILES string of the molecule is C=CC(=O)OC(CC)COc1c2c(c(OCC(CC)OC(=O)C=C)c3c(C)cccc13)CCCC2. The number of carbonyl (C=O) groups excluding carboxylic acids is 2. The van der Waals surface area contributed by atoms with Crippen molar-refractivity contribution in [3.05, 3.63) is 60.2 Å². The van der Waals surface area contributed by atoms with E-state index in [2.05, 4.69) is 26.1 Å². The van der Waals surface area contributed by atoms with Gasteiger partial charge in [0.1, 0.15) is 36.9 Å². The maximum Gasteiger partial charge on any atom is 0.330 e. The van der Waals surface area contributed by atoms with E-state index in [0.717, 1.165) is 64.6 Å². The van der Waals surface area contributed by atoms with Crippen molar-refractivity contribution in [2.45, 2.75) is 71.5 Å². The molecule has 6 nitrogen and oxygen atoms in total. The minimum Gasteiger partial charge on any atom is -0.489 e. The summed E-state index contributed by atoms with van der Waals surface area (Å²) in [6.45, 7) is 13.5. The van der Waals surface area contributed by atoms with E-state index in [9.17, 15) is 9.59 Å². The molecule has 2 aromatic rings. The zero-order valence-electron chi connectivity index (χ0n) is 21.1. The summed E-state index contributed by atoms with van der Waals surface area (Å²) in [5.74, 6) is 0.784. The Hall–Kier alpha value is -3.28. The van der Waals surface area contributed by atoms with Crippen molar-refractivity contribution in [3.8, 4) is 11.5 Å². The van der Waals surface area contributed by atoms with Gasteiger partial charge in [0.25, 0.3) is 0 Å². The Kier molecular flexibility index (Phi) is 9.35. The van der Waals surface area contributed by atoms with Crippen LogP contribution in [-0.2, 0) is 31.9 Å². The lowest BCUT2D eigenvalue weighted by Gasteiger charge is -2.28. The molecule has 0 amide bonds. The van der Waals surface area contributed by atoms with Crippen LogP contribution in [0.2, 0.25) is 0 Å². The van der Waals surface area contributed by atoms with Crippen LogP contribution in [0, 0.1) is 6.92 Å². The van der Waals surface area contributed by atoms with Crippen LogP contribution in [0.25, 0.3) is 10.8 Å². The fraction of sp³-hybridized carbons (Fsp3) is 0.448. The normalized spacial score (nSPS) is 14.4. The molecule has 1 aliphatic rings. The van der Waals surface area contributed by atoms with Gasteiger partial charge in [-0.25, -0.2) is 9.59 Å². The highest BCUT2D eigenvalue weighted by Crippen LogP contribution is 2.45. The smallest absolute Gasteiger partial charge is 0.330 e. The summed E-state index contributed by atoms with van der Waals surface area (Å²) < 4.78 is 23.7. The van der Waals surface area contributed by atoms with Gasteiger partial charge in [0.05, 0.1) is 0 Å². The van der Waals surface area contributed by atoms with Gasteiger partial charge in [0.15, 0.2) is 0 Å². The molecule has 35 heavy (non-hydrogen) atoms. The molecule has 2 unspecified atom stereocenters. The second kappa shape index (κ2) is 12.4. The monoisotopic (exact) mass is 480 g/mol. The third-order valence-corrected chi connectivity index (χ3v) is 6.40. The molecule has 0 radical (unpaired) electrons. The maximum absolute atomic E-state index is 11.7. The molecule has 1 aliphatic carbocycles. The van der Waals surface area contributed by atoms with E-state index < -0.39 is 11.9 Å². The van der Waals surface area contributed by atoms with Gasteiger partial charge in [0.2, 0.25) is 0 Å². The zero-order valence-corrected chi connectivity index (χ0v) is 21.1. The fourth-order valence-corrected chi connectivity index (χ4v) is 4.45. The molecule has 0 spiro atoms. The summed E-state index contributed by atoms with van der Waals surface area (Å²) in [7, 11) is 0. The predicted octanol–water partition coefficient (Wildman–Crippen LogP) is 5.80. The Balaban J connectivity index is 2.00. The zero-order chi connectivity index (χ0) is 25.4. The maximum atomic E-state index is 11.7. The van der Waals surface area contributed by atoms with Crippen molar-refractivity contribution >= 4 is 22.7 Å². The molecule has 0 heterocycles. The first-order valence-corrected chi connectivity index (χ1v) is 12.4. The Labute approximate surface area is 207 Å². The highest BCUT2D eigenvalue weighted by atomic mass is 16.6. The molecule has 2 atom stereocenters.